The summed E-state index contributed by atoms with van der Waals surface area (Å²) in [7, 11) is 3.66. The van der Waals surface area contributed by atoms with Gasteiger partial charge in [-0.05, 0) is 63.3 Å². The lowest BCUT2D eigenvalue weighted by molar-refractivity contribution is 0.182. The van der Waals surface area contributed by atoms with Crippen molar-refractivity contribution in [2.45, 2.75) is 12.6 Å². The van der Waals surface area contributed by atoms with Crippen molar-refractivity contribution in [3.63, 3.8) is 0 Å². The smallest absolute Gasteiger partial charge is 0.0757 e. The first-order valence-corrected chi connectivity index (χ1v) is 8.17. The number of nitrogens with zero attached hydrogens (tertiary/aromatic N) is 2. The summed E-state index contributed by atoms with van der Waals surface area (Å²) in [6.07, 6.45) is 1.84. The Kier molecular flexibility index (Phi) is 6.01. The van der Waals surface area contributed by atoms with E-state index in [9.17, 15) is 0 Å². The van der Waals surface area contributed by atoms with Crippen LogP contribution >= 0.6 is 38.5 Å². The number of benzene rings is 1. The molecular formula is C14H17BrIN3O. The van der Waals surface area contributed by atoms with E-state index in [-0.39, 0.29) is 6.04 Å². The van der Waals surface area contributed by atoms with E-state index in [1.165, 1.54) is 9.13 Å². The van der Waals surface area contributed by atoms with Crippen LogP contribution in [-0.4, -0.2) is 30.5 Å². The molecule has 0 saturated carbocycles. The molecule has 1 aromatic carbocycles. The molecule has 0 radical (unpaired) electrons. The van der Waals surface area contributed by atoms with E-state index < -0.39 is 0 Å². The second-order valence-corrected chi connectivity index (χ2v) is 6.47. The first-order valence-electron chi connectivity index (χ1n) is 6.30. The van der Waals surface area contributed by atoms with Gasteiger partial charge in [-0.1, -0.05) is 12.1 Å². The van der Waals surface area contributed by atoms with Crippen molar-refractivity contribution in [1.29, 1.82) is 0 Å². The van der Waals surface area contributed by atoms with Crippen molar-refractivity contribution in [2.75, 3.05) is 20.8 Å². The standard InChI is InChI=1S/C14H17BrIN3O/c1-17-13(10-4-3-5-11(16)8-10)14-12(15)9-18-19(14)6-7-20-2/h3-5,8-9,13,17H,6-7H2,1-2H3. The molecular weight excluding hydrogens is 433 g/mol. The van der Waals surface area contributed by atoms with Crippen LogP contribution in [0.15, 0.2) is 34.9 Å². The van der Waals surface area contributed by atoms with E-state index in [4.69, 9.17) is 4.74 Å². The molecule has 4 nitrogen and oxygen atoms in total. The molecule has 1 atom stereocenters. The second-order valence-electron chi connectivity index (χ2n) is 4.37. The highest BCUT2D eigenvalue weighted by molar-refractivity contribution is 14.1. The fraction of sp³-hybridized carbons (Fsp3) is 0.357. The molecule has 0 aliphatic rings. The van der Waals surface area contributed by atoms with Gasteiger partial charge in [0, 0.05) is 10.7 Å². The van der Waals surface area contributed by atoms with E-state index in [1.807, 2.05) is 17.9 Å². The number of ether oxygens (including phenoxy) is 1. The Bertz CT molecular complexity index is 573. The van der Waals surface area contributed by atoms with Crippen LogP contribution in [0.3, 0.4) is 0 Å². The SMILES string of the molecule is CNC(c1cccc(I)c1)c1c(Br)cnn1CCOC. The summed E-state index contributed by atoms with van der Waals surface area (Å²) in [6, 6.07) is 8.57. The van der Waals surface area contributed by atoms with Gasteiger partial charge in [-0.2, -0.15) is 5.10 Å². The van der Waals surface area contributed by atoms with Gasteiger partial charge < -0.3 is 10.1 Å². The molecule has 2 aromatic rings. The molecule has 1 aromatic heterocycles. The zero-order valence-electron chi connectivity index (χ0n) is 11.4. The molecule has 2 rings (SSSR count). The van der Waals surface area contributed by atoms with E-state index in [0.717, 1.165) is 16.7 Å². The molecule has 0 saturated heterocycles. The van der Waals surface area contributed by atoms with Crippen molar-refractivity contribution in [1.82, 2.24) is 15.1 Å². The van der Waals surface area contributed by atoms with E-state index >= 15 is 0 Å². The number of halogens is 2. The largest absolute Gasteiger partial charge is 0.383 e. The summed E-state index contributed by atoms with van der Waals surface area (Å²) in [4.78, 5) is 0. The molecule has 0 aliphatic carbocycles. The lowest BCUT2D eigenvalue weighted by Gasteiger charge is -2.19. The third-order valence-electron chi connectivity index (χ3n) is 3.08. The molecule has 0 spiro atoms. The Morgan fingerprint density at radius 3 is 2.95 bits per heavy atom. The van der Waals surface area contributed by atoms with Crippen molar-refractivity contribution in [3.8, 4) is 0 Å². The molecule has 0 fully saturated rings. The average molecular weight is 450 g/mol. The quantitative estimate of drug-likeness (QED) is 0.688. The highest BCUT2D eigenvalue weighted by Gasteiger charge is 2.20. The second kappa shape index (κ2) is 7.53. The molecule has 6 heteroatoms. The number of aromatic nitrogens is 2. The van der Waals surface area contributed by atoms with Gasteiger partial charge in [0.15, 0.2) is 0 Å². The predicted molar refractivity (Wildman–Crippen MR) is 91.9 cm³/mol. The Balaban J connectivity index is 2.38. The van der Waals surface area contributed by atoms with Crippen LogP contribution in [0, 0.1) is 3.57 Å². The van der Waals surface area contributed by atoms with Crippen LogP contribution in [0.2, 0.25) is 0 Å². The van der Waals surface area contributed by atoms with Crippen LogP contribution in [0.5, 0.6) is 0 Å². The van der Waals surface area contributed by atoms with E-state index in [1.54, 1.807) is 7.11 Å². The first-order chi connectivity index (χ1) is 9.67. The number of methoxy groups -OCH3 is 1. The Morgan fingerprint density at radius 2 is 2.30 bits per heavy atom. The summed E-state index contributed by atoms with van der Waals surface area (Å²) in [5.41, 5.74) is 2.34. The predicted octanol–water partition coefficient (Wildman–Crippen LogP) is 3.21. The third kappa shape index (κ3) is 3.60. The van der Waals surface area contributed by atoms with Crippen LogP contribution in [0.25, 0.3) is 0 Å². The van der Waals surface area contributed by atoms with E-state index in [0.29, 0.717) is 6.61 Å². The number of nitrogens with one attached hydrogen (secondary N) is 1. The molecule has 1 heterocycles. The molecule has 108 valence electrons. The van der Waals surface area contributed by atoms with Gasteiger partial charge in [0.1, 0.15) is 0 Å². The monoisotopic (exact) mass is 449 g/mol. The average Bonchev–Trinajstić information content (AvgIpc) is 2.79. The van der Waals surface area contributed by atoms with Crippen LogP contribution < -0.4 is 5.32 Å². The third-order valence-corrected chi connectivity index (χ3v) is 4.37. The van der Waals surface area contributed by atoms with Gasteiger partial charge in [-0.15, -0.1) is 0 Å². The zero-order chi connectivity index (χ0) is 14.5. The summed E-state index contributed by atoms with van der Waals surface area (Å²) >= 11 is 5.93. The molecule has 1 N–H and O–H groups in total. The Hall–Kier alpha value is -0.440. The Labute approximate surface area is 141 Å². The topological polar surface area (TPSA) is 39.1 Å². The Morgan fingerprint density at radius 1 is 1.50 bits per heavy atom. The molecule has 20 heavy (non-hydrogen) atoms. The zero-order valence-corrected chi connectivity index (χ0v) is 15.2. The molecule has 1 unspecified atom stereocenters. The summed E-state index contributed by atoms with van der Waals surface area (Å²) in [5.74, 6) is 0. The summed E-state index contributed by atoms with van der Waals surface area (Å²) < 4.78 is 9.36. The highest BCUT2D eigenvalue weighted by atomic mass is 127. The normalized spacial score (nSPS) is 12.6. The van der Waals surface area contributed by atoms with Gasteiger partial charge in [-0.3, -0.25) is 4.68 Å². The van der Waals surface area contributed by atoms with Gasteiger partial charge >= 0.3 is 0 Å². The van der Waals surface area contributed by atoms with E-state index in [2.05, 4.69) is 73.2 Å². The van der Waals surface area contributed by atoms with Crippen LogP contribution in [0.1, 0.15) is 17.3 Å². The van der Waals surface area contributed by atoms with Gasteiger partial charge in [0.2, 0.25) is 0 Å². The number of hydrogen-bond donors (Lipinski definition) is 1. The van der Waals surface area contributed by atoms with Gasteiger partial charge in [0.25, 0.3) is 0 Å². The maximum absolute atomic E-state index is 5.15. The van der Waals surface area contributed by atoms with Crippen molar-refractivity contribution in [2.24, 2.45) is 0 Å². The lowest BCUT2D eigenvalue weighted by Crippen LogP contribution is -2.23. The molecule has 0 aliphatic heterocycles. The number of hydrogen-bond acceptors (Lipinski definition) is 3. The minimum Gasteiger partial charge on any atom is -0.383 e. The van der Waals surface area contributed by atoms with Gasteiger partial charge in [0.05, 0.1) is 35.6 Å². The molecule has 0 amide bonds. The number of rotatable bonds is 6. The summed E-state index contributed by atoms with van der Waals surface area (Å²) in [5, 5.41) is 7.79. The molecule has 0 bridgehead atoms. The van der Waals surface area contributed by atoms with Gasteiger partial charge in [-0.25, -0.2) is 0 Å². The van der Waals surface area contributed by atoms with Crippen molar-refractivity contribution in [3.05, 3.63) is 49.8 Å². The van der Waals surface area contributed by atoms with Crippen LogP contribution in [0.4, 0.5) is 0 Å². The minimum atomic E-state index is 0.0958. The first kappa shape index (κ1) is 15.9. The summed E-state index contributed by atoms with van der Waals surface area (Å²) in [6.45, 7) is 1.38. The highest BCUT2D eigenvalue weighted by Crippen LogP contribution is 2.29. The fourth-order valence-electron chi connectivity index (χ4n) is 2.16. The minimum absolute atomic E-state index is 0.0958. The maximum Gasteiger partial charge on any atom is 0.0757 e. The van der Waals surface area contributed by atoms with Crippen molar-refractivity contribution >= 4 is 38.5 Å². The van der Waals surface area contributed by atoms with Crippen LogP contribution in [-0.2, 0) is 11.3 Å². The maximum atomic E-state index is 5.15. The lowest BCUT2D eigenvalue weighted by atomic mass is 10.0. The fourth-order valence-corrected chi connectivity index (χ4v) is 3.25. The van der Waals surface area contributed by atoms with Crippen molar-refractivity contribution < 1.29 is 4.74 Å².